The monoisotopic (exact) mass is 409 g/mol. The molecule has 0 unspecified atom stereocenters. The van der Waals surface area contributed by atoms with E-state index in [2.05, 4.69) is 29.8 Å². The molecule has 1 saturated heterocycles. The first-order valence-corrected chi connectivity index (χ1v) is 11.6. The number of likely N-dealkylation sites (N-methyl/N-ethyl adjacent to an activating group) is 1. The Kier molecular flexibility index (Phi) is 6.28. The first kappa shape index (κ1) is 21.1. The summed E-state index contributed by atoms with van der Waals surface area (Å²) >= 11 is 0. The summed E-state index contributed by atoms with van der Waals surface area (Å²) < 4.78 is 0. The van der Waals surface area contributed by atoms with Gasteiger partial charge in [0.25, 0.3) is 11.8 Å². The van der Waals surface area contributed by atoms with Crippen molar-refractivity contribution in [3.05, 3.63) is 40.6 Å². The van der Waals surface area contributed by atoms with Crippen LogP contribution in [0.3, 0.4) is 0 Å². The van der Waals surface area contributed by atoms with Crippen molar-refractivity contribution in [3.63, 3.8) is 0 Å². The van der Waals surface area contributed by atoms with E-state index in [0.29, 0.717) is 11.3 Å². The minimum Gasteiger partial charge on any atom is -0.364 e. The molecule has 0 bridgehead atoms. The highest BCUT2D eigenvalue weighted by Gasteiger charge is 2.45. The fourth-order valence-electron chi connectivity index (χ4n) is 5.22. The van der Waals surface area contributed by atoms with Crippen LogP contribution >= 0.6 is 0 Å². The predicted octanol–water partition coefficient (Wildman–Crippen LogP) is 3.74. The number of amides is 2. The van der Waals surface area contributed by atoms with Crippen LogP contribution in [0, 0.1) is 13.8 Å². The molecule has 1 saturated carbocycles. The SMILES string of the molecule is Cc1ccc(C2=C(N3CCN(C)CC3)C(=O)N(C3CCCCCCC3)C2=O)c(C)c1. The third kappa shape index (κ3) is 4.04. The fraction of sp³-hybridized carbons (Fsp3) is 0.600. The van der Waals surface area contributed by atoms with Crippen molar-refractivity contribution in [2.24, 2.45) is 0 Å². The molecule has 0 N–H and O–H groups in total. The maximum absolute atomic E-state index is 13.8. The smallest absolute Gasteiger partial charge is 0.278 e. The molecule has 1 aromatic carbocycles. The molecule has 0 atom stereocenters. The Labute approximate surface area is 180 Å². The van der Waals surface area contributed by atoms with Crippen molar-refractivity contribution in [2.45, 2.75) is 64.8 Å². The summed E-state index contributed by atoms with van der Waals surface area (Å²) in [5.41, 5.74) is 4.43. The Morgan fingerprint density at radius 3 is 2.10 bits per heavy atom. The number of nitrogens with zero attached hydrogens (tertiary/aromatic N) is 3. The van der Waals surface area contributed by atoms with E-state index in [1.54, 1.807) is 4.90 Å². The number of rotatable bonds is 3. The van der Waals surface area contributed by atoms with Crippen LogP contribution in [0.15, 0.2) is 23.9 Å². The van der Waals surface area contributed by atoms with E-state index in [-0.39, 0.29) is 17.9 Å². The first-order chi connectivity index (χ1) is 14.5. The van der Waals surface area contributed by atoms with Gasteiger partial charge in [-0.1, -0.05) is 55.9 Å². The van der Waals surface area contributed by atoms with E-state index in [0.717, 1.165) is 63.0 Å². The van der Waals surface area contributed by atoms with Crippen LogP contribution in [0.1, 0.15) is 61.6 Å². The molecule has 0 aromatic heterocycles. The van der Waals surface area contributed by atoms with Crippen LogP contribution in [-0.2, 0) is 9.59 Å². The van der Waals surface area contributed by atoms with E-state index < -0.39 is 0 Å². The summed E-state index contributed by atoms with van der Waals surface area (Å²) in [6.07, 6.45) is 7.76. The molecule has 2 heterocycles. The van der Waals surface area contributed by atoms with Gasteiger partial charge in [0.05, 0.1) is 5.57 Å². The van der Waals surface area contributed by atoms with Gasteiger partial charge in [-0.05, 0) is 44.9 Å². The van der Waals surface area contributed by atoms with Crippen LogP contribution in [0.25, 0.3) is 5.57 Å². The maximum atomic E-state index is 13.8. The largest absolute Gasteiger partial charge is 0.364 e. The van der Waals surface area contributed by atoms with Gasteiger partial charge in [-0.25, -0.2) is 0 Å². The molecule has 4 rings (SSSR count). The Hall–Kier alpha value is -2.14. The van der Waals surface area contributed by atoms with Crippen LogP contribution < -0.4 is 0 Å². The van der Waals surface area contributed by atoms with Gasteiger partial charge < -0.3 is 9.80 Å². The zero-order valence-electron chi connectivity index (χ0n) is 18.7. The van der Waals surface area contributed by atoms with Crippen molar-refractivity contribution in [1.29, 1.82) is 0 Å². The van der Waals surface area contributed by atoms with Gasteiger partial charge in [0, 0.05) is 32.2 Å². The summed E-state index contributed by atoms with van der Waals surface area (Å²) in [6, 6.07) is 6.23. The van der Waals surface area contributed by atoms with Gasteiger partial charge in [0.1, 0.15) is 5.70 Å². The molecule has 162 valence electrons. The summed E-state index contributed by atoms with van der Waals surface area (Å²) in [5, 5.41) is 0. The van der Waals surface area contributed by atoms with E-state index in [9.17, 15) is 9.59 Å². The number of carbonyl (C=O) groups is 2. The summed E-state index contributed by atoms with van der Waals surface area (Å²) in [4.78, 5) is 33.6. The second-order valence-electron chi connectivity index (χ2n) is 9.31. The molecule has 5 heteroatoms. The average molecular weight is 410 g/mol. The first-order valence-electron chi connectivity index (χ1n) is 11.6. The van der Waals surface area contributed by atoms with Crippen molar-refractivity contribution >= 4 is 17.4 Å². The molecule has 0 radical (unpaired) electrons. The minimum atomic E-state index is -0.0774. The number of imide groups is 1. The van der Waals surface area contributed by atoms with Crippen molar-refractivity contribution < 1.29 is 9.59 Å². The van der Waals surface area contributed by atoms with Crippen molar-refractivity contribution in [2.75, 3.05) is 33.2 Å². The van der Waals surface area contributed by atoms with Crippen LogP contribution in [0.5, 0.6) is 0 Å². The highest BCUT2D eigenvalue weighted by Crippen LogP contribution is 2.37. The van der Waals surface area contributed by atoms with Crippen LogP contribution in [-0.4, -0.2) is 65.8 Å². The fourth-order valence-corrected chi connectivity index (χ4v) is 5.22. The summed E-state index contributed by atoms with van der Waals surface area (Å²) in [5.74, 6) is -0.142. The Morgan fingerprint density at radius 2 is 1.47 bits per heavy atom. The lowest BCUT2D eigenvalue weighted by Crippen LogP contribution is -2.47. The molecular formula is C25H35N3O2. The number of benzene rings is 1. The molecule has 30 heavy (non-hydrogen) atoms. The molecule has 1 aromatic rings. The standard InChI is InChI=1S/C25H35N3O2/c1-18-11-12-21(19(2)17-18)22-23(27-15-13-26(3)14-16-27)25(30)28(24(22)29)20-9-7-5-4-6-8-10-20/h11-12,17,20H,4-10,13-16H2,1-3H3. The zero-order chi connectivity index (χ0) is 21.3. The number of aryl methyl sites for hydroxylation is 2. The number of carbonyl (C=O) groups excluding carboxylic acids is 2. The molecule has 2 aliphatic heterocycles. The normalized spacial score (nSPS) is 22.6. The van der Waals surface area contributed by atoms with Gasteiger partial charge in [-0.3, -0.25) is 14.5 Å². The summed E-state index contributed by atoms with van der Waals surface area (Å²) in [7, 11) is 2.11. The van der Waals surface area contributed by atoms with E-state index >= 15 is 0 Å². The second kappa shape index (κ2) is 8.93. The lowest BCUT2D eigenvalue weighted by Gasteiger charge is -2.35. The average Bonchev–Trinajstić information content (AvgIpc) is 2.93. The molecular weight excluding hydrogens is 374 g/mol. The molecule has 2 fully saturated rings. The van der Waals surface area contributed by atoms with Crippen molar-refractivity contribution in [3.8, 4) is 0 Å². The molecule has 3 aliphatic rings. The lowest BCUT2D eigenvalue weighted by molar-refractivity contribution is -0.140. The zero-order valence-corrected chi connectivity index (χ0v) is 18.7. The predicted molar refractivity (Wildman–Crippen MR) is 120 cm³/mol. The van der Waals surface area contributed by atoms with Gasteiger partial charge in [0.2, 0.25) is 0 Å². The molecule has 1 aliphatic carbocycles. The molecule has 5 nitrogen and oxygen atoms in total. The highest BCUT2D eigenvalue weighted by atomic mass is 16.2. The molecule has 2 amide bonds. The van der Waals surface area contributed by atoms with Gasteiger partial charge in [-0.15, -0.1) is 0 Å². The van der Waals surface area contributed by atoms with E-state index in [1.807, 2.05) is 19.1 Å². The van der Waals surface area contributed by atoms with Gasteiger partial charge >= 0.3 is 0 Å². The summed E-state index contributed by atoms with van der Waals surface area (Å²) in [6.45, 7) is 7.51. The quantitative estimate of drug-likeness (QED) is 0.714. The second-order valence-corrected chi connectivity index (χ2v) is 9.31. The van der Waals surface area contributed by atoms with Crippen LogP contribution in [0.2, 0.25) is 0 Å². The van der Waals surface area contributed by atoms with Gasteiger partial charge in [0.15, 0.2) is 0 Å². The number of hydrogen-bond donors (Lipinski definition) is 0. The maximum Gasteiger partial charge on any atom is 0.278 e. The van der Waals surface area contributed by atoms with Gasteiger partial charge in [-0.2, -0.15) is 0 Å². The highest BCUT2D eigenvalue weighted by molar-refractivity contribution is 6.36. The van der Waals surface area contributed by atoms with E-state index in [1.165, 1.54) is 24.8 Å². The lowest BCUT2D eigenvalue weighted by atomic mass is 9.95. The van der Waals surface area contributed by atoms with Crippen molar-refractivity contribution in [1.82, 2.24) is 14.7 Å². The number of piperazine rings is 1. The third-order valence-corrected chi connectivity index (χ3v) is 7.00. The molecule has 0 spiro atoms. The third-order valence-electron chi connectivity index (χ3n) is 7.00. The minimum absolute atomic E-state index is 0.0380. The number of hydrogen-bond acceptors (Lipinski definition) is 4. The Bertz CT molecular complexity index is 844. The van der Waals surface area contributed by atoms with E-state index in [4.69, 9.17) is 0 Å². The topological polar surface area (TPSA) is 43.9 Å². The Morgan fingerprint density at radius 1 is 0.833 bits per heavy atom. The van der Waals surface area contributed by atoms with Crippen LogP contribution in [0.4, 0.5) is 0 Å². The Balaban J connectivity index is 1.74.